The van der Waals surface area contributed by atoms with Gasteiger partial charge in [-0.15, -0.1) is 0 Å². The molecule has 0 saturated carbocycles. The van der Waals surface area contributed by atoms with E-state index in [-0.39, 0.29) is 4.47 Å². The van der Waals surface area contributed by atoms with E-state index in [1.54, 1.807) is 17.8 Å². The third kappa shape index (κ3) is 3.02. The van der Waals surface area contributed by atoms with Crippen LogP contribution in [0.3, 0.4) is 0 Å². The Morgan fingerprint density at radius 1 is 1.50 bits per heavy atom. The van der Waals surface area contributed by atoms with Crippen molar-refractivity contribution in [3.63, 3.8) is 0 Å². The molecule has 2 aromatic heterocycles. The summed E-state index contributed by atoms with van der Waals surface area (Å²) in [5.41, 5.74) is 0.513. The number of nitro groups is 1. The number of pyridine rings is 2. The van der Waals surface area contributed by atoms with Crippen molar-refractivity contribution in [1.82, 2.24) is 9.55 Å². The molecule has 0 fully saturated rings. The van der Waals surface area contributed by atoms with Crippen LogP contribution in [-0.2, 0) is 6.54 Å². The average Bonchev–Trinajstić information content (AvgIpc) is 2.42. The minimum Gasteiger partial charge on any atom is -0.388 e. The third-order valence-corrected chi connectivity index (χ3v) is 3.23. The highest BCUT2D eigenvalue weighted by molar-refractivity contribution is 9.10. The molecule has 2 heterocycles. The lowest BCUT2D eigenvalue weighted by atomic mass is 10.3. The van der Waals surface area contributed by atoms with E-state index in [0.29, 0.717) is 6.54 Å². The van der Waals surface area contributed by atoms with E-state index in [2.05, 4.69) is 26.2 Å². The van der Waals surface area contributed by atoms with Gasteiger partial charge in [0.1, 0.15) is 0 Å². The van der Waals surface area contributed by atoms with Crippen LogP contribution in [0.1, 0.15) is 5.69 Å². The van der Waals surface area contributed by atoms with Crippen molar-refractivity contribution in [3.05, 3.63) is 61.2 Å². The second-order valence-electron chi connectivity index (χ2n) is 4.04. The smallest absolute Gasteiger partial charge is 0.333 e. The molecule has 1 N–H and O–H groups in total. The Bertz CT molecular complexity index is 714. The van der Waals surface area contributed by atoms with E-state index >= 15 is 0 Å². The van der Waals surface area contributed by atoms with Crippen molar-refractivity contribution in [2.75, 3.05) is 12.4 Å². The minimum atomic E-state index is -0.693. The summed E-state index contributed by atoms with van der Waals surface area (Å²) in [6.45, 7) is 0.329. The van der Waals surface area contributed by atoms with Crippen LogP contribution in [0.25, 0.3) is 0 Å². The van der Waals surface area contributed by atoms with E-state index < -0.39 is 16.0 Å². The summed E-state index contributed by atoms with van der Waals surface area (Å²) in [5, 5.41) is 13.8. The van der Waals surface area contributed by atoms with Gasteiger partial charge in [0.15, 0.2) is 0 Å². The molecule has 2 rings (SSSR count). The lowest BCUT2D eigenvalue weighted by Crippen LogP contribution is -2.14. The summed E-state index contributed by atoms with van der Waals surface area (Å²) >= 11 is 3.04. The first-order valence-corrected chi connectivity index (χ1v) is 6.47. The number of halogens is 1. The van der Waals surface area contributed by atoms with Crippen molar-refractivity contribution in [2.45, 2.75) is 6.54 Å². The molecule has 20 heavy (non-hydrogen) atoms. The Labute approximate surface area is 122 Å². The van der Waals surface area contributed by atoms with E-state index in [1.165, 1.54) is 12.4 Å². The number of rotatable bonds is 4. The Balaban J connectivity index is 2.38. The van der Waals surface area contributed by atoms with Crippen LogP contribution in [0.5, 0.6) is 0 Å². The molecule has 0 amide bonds. The summed E-state index contributed by atoms with van der Waals surface area (Å²) < 4.78 is 1.70. The molecular weight excluding hydrogens is 328 g/mol. The highest BCUT2D eigenvalue weighted by Gasteiger charge is 2.16. The number of hydrogen-bond acceptors (Lipinski definition) is 5. The van der Waals surface area contributed by atoms with Gasteiger partial charge in [0.25, 0.3) is 5.43 Å². The first-order valence-electron chi connectivity index (χ1n) is 5.68. The van der Waals surface area contributed by atoms with Gasteiger partial charge in [-0.25, -0.2) is 0 Å². The Morgan fingerprint density at radius 3 is 2.90 bits per heavy atom. The molecule has 0 aliphatic rings. The standard InChI is InChI=1S/C12H11BrN4O3/c1-14-8-2-3-15-9(4-8)5-16-6-10(13)12(18)11(7-16)17(19)20/h2-4,6-7H,5H2,1H3,(H,14,15). The molecule has 8 heteroatoms. The Kier molecular flexibility index (Phi) is 4.14. The predicted octanol–water partition coefficient (Wildman–Crippen LogP) is 2.00. The normalized spacial score (nSPS) is 10.3. The van der Waals surface area contributed by atoms with Crippen LogP contribution < -0.4 is 10.7 Å². The van der Waals surface area contributed by atoms with Crippen LogP contribution in [0.15, 0.2) is 40.0 Å². The second kappa shape index (κ2) is 5.83. The maximum atomic E-state index is 11.6. The molecule has 2 aromatic rings. The zero-order valence-electron chi connectivity index (χ0n) is 10.5. The zero-order chi connectivity index (χ0) is 14.7. The van der Waals surface area contributed by atoms with E-state index in [0.717, 1.165) is 11.4 Å². The van der Waals surface area contributed by atoms with Crippen molar-refractivity contribution < 1.29 is 4.92 Å². The van der Waals surface area contributed by atoms with Crippen LogP contribution in [0.4, 0.5) is 11.4 Å². The van der Waals surface area contributed by atoms with Crippen molar-refractivity contribution >= 4 is 27.3 Å². The van der Waals surface area contributed by atoms with Crippen LogP contribution >= 0.6 is 15.9 Å². The molecular formula is C12H11BrN4O3. The SMILES string of the molecule is CNc1ccnc(Cn2cc(Br)c(=O)c([N+](=O)[O-])c2)c1. The molecule has 0 bridgehead atoms. The van der Waals surface area contributed by atoms with Gasteiger partial charge in [0, 0.05) is 25.1 Å². The lowest BCUT2D eigenvalue weighted by molar-refractivity contribution is -0.386. The molecule has 0 unspecified atom stereocenters. The molecule has 7 nitrogen and oxygen atoms in total. The number of aromatic nitrogens is 2. The van der Waals surface area contributed by atoms with Gasteiger partial charge < -0.3 is 9.88 Å². The van der Waals surface area contributed by atoms with Gasteiger partial charge in [0.05, 0.1) is 27.8 Å². The molecule has 0 aliphatic carbocycles. The number of nitrogens with one attached hydrogen (secondary N) is 1. The van der Waals surface area contributed by atoms with E-state index in [1.807, 2.05) is 12.1 Å². The van der Waals surface area contributed by atoms with Crippen LogP contribution in [-0.4, -0.2) is 21.5 Å². The van der Waals surface area contributed by atoms with Crippen molar-refractivity contribution in [3.8, 4) is 0 Å². The summed E-state index contributed by atoms with van der Waals surface area (Å²) in [5.74, 6) is 0. The molecule has 0 saturated heterocycles. The fraction of sp³-hybridized carbons (Fsp3) is 0.167. The quantitative estimate of drug-likeness (QED) is 0.680. The van der Waals surface area contributed by atoms with Crippen molar-refractivity contribution in [2.24, 2.45) is 0 Å². The summed E-state index contributed by atoms with van der Waals surface area (Å²) in [6, 6.07) is 3.64. The predicted molar refractivity (Wildman–Crippen MR) is 77.9 cm³/mol. The van der Waals surface area contributed by atoms with E-state index in [4.69, 9.17) is 0 Å². The van der Waals surface area contributed by atoms with Gasteiger partial charge in [0.2, 0.25) is 0 Å². The van der Waals surface area contributed by atoms with Crippen LogP contribution in [0.2, 0.25) is 0 Å². The number of anilines is 1. The Morgan fingerprint density at radius 2 is 2.25 bits per heavy atom. The van der Waals surface area contributed by atoms with Gasteiger partial charge in [-0.2, -0.15) is 0 Å². The molecule has 0 atom stereocenters. The van der Waals surface area contributed by atoms with Crippen molar-refractivity contribution in [1.29, 1.82) is 0 Å². The zero-order valence-corrected chi connectivity index (χ0v) is 12.1. The lowest BCUT2D eigenvalue weighted by Gasteiger charge is -2.08. The monoisotopic (exact) mass is 338 g/mol. The fourth-order valence-electron chi connectivity index (χ4n) is 1.71. The number of hydrogen-bond donors (Lipinski definition) is 1. The minimum absolute atomic E-state index is 0.150. The van der Waals surface area contributed by atoms with Gasteiger partial charge in [-0.3, -0.25) is 19.9 Å². The topological polar surface area (TPSA) is 90.1 Å². The summed E-state index contributed by atoms with van der Waals surface area (Å²) in [7, 11) is 1.79. The maximum absolute atomic E-state index is 11.6. The maximum Gasteiger partial charge on any atom is 0.333 e. The second-order valence-corrected chi connectivity index (χ2v) is 4.89. The molecule has 0 spiro atoms. The van der Waals surface area contributed by atoms with E-state index in [9.17, 15) is 14.9 Å². The number of nitrogens with zero attached hydrogens (tertiary/aromatic N) is 3. The summed E-state index contributed by atoms with van der Waals surface area (Å²) in [6.07, 6.45) is 4.36. The molecule has 104 valence electrons. The largest absolute Gasteiger partial charge is 0.388 e. The third-order valence-electron chi connectivity index (χ3n) is 2.66. The highest BCUT2D eigenvalue weighted by Crippen LogP contribution is 2.13. The average molecular weight is 339 g/mol. The molecule has 0 radical (unpaired) electrons. The van der Waals surface area contributed by atoms with Gasteiger partial charge in [-0.1, -0.05) is 0 Å². The first kappa shape index (κ1) is 14.2. The van der Waals surface area contributed by atoms with Gasteiger partial charge >= 0.3 is 5.69 Å². The fourth-order valence-corrected chi connectivity index (χ4v) is 2.17. The summed E-state index contributed by atoms with van der Waals surface area (Å²) in [4.78, 5) is 25.9. The highest BCUT2D eigenvalue weighted by atomic mass is 79.9. The van der Waals surface area contributed by atoms with Crippen LogP contribution in [0, 0.1) is 10.1 Å². The Hall–Kier alpha value is -2.22. The van der Waals surface area contributed by atoms with Gasteiger partial charge in [-0.05, 0) is 28.1 Å². The molecule has 0 aromatic carbocycles. The first-order chi connectivity index (χ1) is 9.51. The molecule has 0 aliphatic heterocycles.